The summed E-state index contributed by atoms with van der Waals surface area (Å²) in [6.07, 6.45) is 3.92. The SMILES string of the molecule is Cc1ccc(S(=O)(=O)N2CCCCC2)cc1C(=O)N1CCC[C@H](C(=O)O)C1. The number of carbonyl (C=O) groups excluding carboxylic acids is 1. The highest BCUT2D eigenvalue weighted by Gasteiger charge is 2.31. The number of aliphatic carboxylic acids is 1. The van der Waals surface area contributed by atoms with Crippen molar-refractivity contribution in [2.75, 3.05) is 26.2 Å². The first-order valence-corrected chi connectivity index (χ1v) is 10.9. The first-order chi connectivity index (χ1) is 12.8. The van der Waals surface area contributed by atoms with E-state index in [1.54, 1.807) is 19.1 Å². The Morgan fingerprint density at radius 3 is 2.44 bits per heavy atom. The molecule has 2 heterocycles. The second-order valence-electron chi connectivity index (χ2n) is 7.37. The molecule has 0 aliphatic carbocycles. The summed E-state index contributed by atoms with van der Waals surface area (Å²) in [6.45, 7) is 3.43. The van der Waals surface area contributed by atoms with Crippen LogP contribution in [0.15, 0.2) is 23.1 Å². The van der Waals surface area contributed by atoms with Crippen LogP contribution in [0.5, 0.6) is 0 Å². The predicted molar refractivity (Wildman–Crippen MR) is 100 cm³/mol. The Balaban J connectivity index is 1.87. The molecule has 0 aromatic heterocycles. The highest BCUT2D eigenvalue weighted by atomic mass is 32.2. The molecule has 2 aliphatic rings. The number of likely N-dealkylation sites (tertiary alicyclic amines) is 1. The van der Waals surface area contributed by atoms with Gasteiger partial charge in [0.05, 0.1) is 10.8 Å². The van der Waals surface area contributed by atoms with Gasteiger partial charge in [-0.3, -0.25) is 9.59 Å². The molecule has 0 unspecified atom stereocenters. The van der Waals surface area contributed by atoms with Gasteiger partial charge >= 0.3 is 5.97 Å². The molecule has 2 saturated heterocycles. The van der Waals surface area contributed by atoms with Crippen LogP contribution in [0.25, 0.3) is 0 Å². The standard InChI is InChI=1S/C19H26N2O5S/c1-14-7-8-16(27(25,26)21-10-3-2-4-11-21)12-17(14)18(22)20-9-5-6-15(13-20)19(23)24/h7-8,12,15H,2-6,9-11,13H2,1H3,(H,23,24)/t15-/m0/s1. The van der Waals surface area contributed by atoms with Gasteiger partial charge < -0.3 is 10.0 Å². The van der Waals surface area contributed by atoms with Crippen LogP contribution in [0.3, 0.4) is 0 Å². The molecule has 1 N–H and O–H groups in total. The number of carbonyl (C=O) groups is 2. The summed E-state index contributed by atoms with van der Waals surface area (Å²) in [7, 11) is -3.62. The van der Waals surface area contributed by atoms with E-state index < -0.39 is 21.9 Å². The lowest BCUT2D eigenvalue weighted by Gasteiger charge is -2.31. The number of hydrogen-bond acceptors (Lipinski definition) is 4. The van der Waals surface area contributed by atoms with E-state index in [1.165, 1.54) is 15.3 Å². The van der Waals surface area contributed by atoms with Gasteiger partial charge in [0.25, 0.3) is 5.91 Å². The van der Waals surface area contributed by atoms with Crippen molar-refractivity contribution >= 4 is 21.9 Å². The fourth-order valence-corrected chi connectivity index (χ4v) is 5.32. The van der Waals surface area contributed by atoms with Gasteiger partial charge in [0, 0.05) is 31.7 Å². The van der Waals surface area contributed by atoms with Crippen molar-refractivity contribution in [1.29, 1.82) is 0 Å². The van der Waals surface area contributed by atoms with Crippen LogP contribution in [-0.4, -0.2) is 60.8 Å². The van der Waals surface area contributed by atoms with Gasteiger partial charge in [-0.05, 0) is 50.3 Å². The summed E-state index contributed by atoms with van der Waals surface area (Å²) < 4.78 is 27.3. The van der Waals surface area contributed by atoms with Crippen LogP contribution in [0.4, 0.5) is 0 Å². The van der Waals surface area contributed by atoms with Gasteiger partial charge in [-0.2, -0.15) is 4.31 Å². The van der Waals surface area contributed by atoms with E-state index >= 15 is 0 Å². The van der Waals surface area contributed by atoms with Crippen molar-refractivity contribution in [3.63, 3.8) is 0 Å². The molecule has 1 atom stereocenters. The number of nitrogens with zero attached hydrogens (tertiary/aromatic N) is 2. The van der Waals surface area contributed by atoms with E-state index in [0.717, 1.165) is 19.3 Å². The van der Waals surface area contributed by atoms with Crippen LogP contribution in [0.1, 0.15) is 48.0 Å². The van der Waals surface area contributed by atoms with Crippen molar-refractivity contribution in [3.8, 4) is 0 Å². The second-order valence-corrected chi connectivity index (χ2v) is 9.31. The molecular formula is C19H26N2O5S. The molecule has 1 aromatic carbocycles. The van der Waals surface area contributed by atoms with Gasteiger partial charge in [-0.25, -0.2) is 8.42 Å². The normalized spacial score (nSPS) is 21.8. The highest BCUT2D eigenvalue weighted by Crippen LogP contribution is 2.25. The van der Waals surface area contributed by atoms with Crippen molar-refractivity contribution in [2.45, 2.75) is 43.9 Å². The number of benzene rings is 1. The summed E-state index contributed by atoms with van der Waals surface area (Å²) in [5.41, 5.74) is 1.02. The maximum atomic E-state index is 13.0. The molecule has 1 amide bonds. The quantitative estimate of drug-likeness (QED) is 0.844. The maximum Gasteiger partial charge on any atom is 0.308 e. The van der Waals surface area contributed by atoms with E-state index in [1.807, 2.05) is 0 Å². The molecule has 2 aliphatic heterocycles. The monoisotopic (exact) mass is 394 g/mol. The third kappa shape index (κ3) is 4.16. The number of piperidine rings is 2. The number of hydrogen-bond donors (Lipinski definition) is 1. The fraction of sp³-hybridized carbons (Fsp3) is 0.579. The van der Waals surface area contributed by atoms with Crippen LogP contribution < -0.4 is 0 Å². The minimum atomic E-state index is -3.62. The Morgan fingerprint density at radius 1 is 1.07 bits per heavy atom. The Labute approximate surface area is 160 Å². The van der Waals surface area contributed by atoms with Crippen LogP contribution in [0.2, 0.25) is 0 Å². The number of aryl methyl sites for hydroxylation is 1. The molecule has 8 heteroatoms. The van der Waals surface area contributed by atoms with E-state index in [9.17, 15) is 23.1 Å². The molecule has 7 nitrogen and oxygen atoms in total. The fourth-order valence-electron chi connectivity index (χ4n) is 3.78. The first kappa shape index (κ1) is 19.8. The Morgan fingerprint density at radius 2 is 1.78 bits per heavy atom. The zero-order chi connectivity index (χ0) is 19.6. The number of amides is 1. The lowest BCUT2D eigenvalue weighted by atomic mass is 9.97. The lowest BCUT2D eigenvalue weighted by Crippen LogP contribution is -2.42. The van der Waals surface area contributed by atoms with E-state index in [2.05, 4.69) is 0 Å². The van der Waals surface area contributed by atoms with Crippen LogP contribution in [-0.2, 0) is 14.8 Å². The van der Waals surface area contributed by atoms with Crippen LogP contribution >= 0.6 is 0 Å². The molecule has 0 bridgehead atoms. The molecule has 3 rings (SSSR count). The molecular weight excluding hydrogens is 368 g/mol. The molecule has 1 aromatic rings. The smallest absolute Gasteiger partial charge is 0.308 e. The molecule has 27 heavy (non-hydrogen) atoms. The average molecular weight is 394 g/mol. The molecule has 2 fully saturated rings. The Hall–Kier alpha value is -1.93. The number of carboxylic acids is 1. The third-order valence-electron chi connectivity index (χ3n) is 5.45. The van der Waals surface area contributed by atoms with Crippen molar-refractivity contribution < 1.29 is 23.1 Å². The van der Waals surface area contributed by atoms with E-state index in [4.69, 9.17) is 0 Å². The van der Waals surface area contributed by atoms with Crippen molar-refractivity contribution in [1.82, 2.24) is 9.21 Å². The number of carboxylic acid groups (broad SMARTS) is 1. The minimum absolute atomic E-state index is 0.130. The van der Waals surface area contributed by atoms with Gasteiger partial charge in [-0.1, -0.05) is 12.5 Å². The van der Waals surface area contributed by atoms with Gasteiger partial charge in [-0.15, -0.1) is 0 Å². The van der Waals surface area contributed by atoms with E-state index in [0.29, 0.717) is 43.6 Å². The summed E-state index contributed by atoms with van der Waals surface area (Å²) in [6, 6.07) is 4.65. The third-order valence-corrected chi connectivity index (χ3v) is 7.34. The first-order valence-electron chi connectivity index (χ1n) is 9.43. The van der Waals surface area contributed by atoms with E-state index in [-0.39, 0.29) is 17.3 Å². The molecule has 0 saturated carbocycles. The topological polar surface area (TPSA) is 95.0 Å². The number of sulfonamides is 1. The minimum Gasteiger partial charge on any atom is -0.481 e. The van der Waals surface area contributed by atoms with Crippen LogP contribution in [0, 0.1) is 12.8 Å². The largest absolute Gasteiger partial charge is 0.481 e. The predicted octanol–water partition coefficient (Wildman–Crippen LogP) is 2.11. The highest BCUT2D eigenvalue weighted by molar-refractivity contribution is 7.89. The maximum absolute atomic E-state index is 13.0. The van der Waals surface area contributed by atoms with Crippen molar-refractivity contribution in [3.05, 3.63) is 29.3 Å². The Kier molecular flexibility index (Phi) is 5.86. The zero-order valence-electron chi connectivity index (χ0n) is 15.6. The summed E-state index contributed by atoms with van der Waals surface area (Å²) >= 11 is 0. The van der Waals surface area contributed by atoms with Gasteiger partial charge in [0.1, 0.15) is 0 Å². The lowest BCUT2D eigenvalue weighted by molar-refractivity contribution is -0.143. The Bertz CT molecular complexity index is 831. The molecule has 148 valence electrons. The number of rotatable bonds is 4. The zero-order valence-corrected chi connectivity index (χ0v) is 16.4. The summed E-state index contributed by atoms with van der Waals surface area (Å²) in [4.78, 5) is 25.9. The summed E-state index contributed by atoms with van der Waals surface area (Å²) in [5, 5.41) is 9.24. The van der Waals surface area contributed by atoms with Gasteiger partial charge in [0.15, 0.2) is 0 Å². The second kappa shape index (κ2) is 7.98. The average Bonchev–Trinajstić information content (AvgIpc) is 2.68. The van der Waals surface area contributed by atoms with Gasteiger partial charge in [0.2, 0.25) is 10.0 Å². The molecule has 0 spiro atoms. The molecule has 0 radical (unpaired) electrons. The summed E-state index contributed by atoms with van der Waals surface area (Å²) in [5.74, 6) is -1.76. The van der Waals surface area contributed by atoms with Crippen molar-refractivity contribution in [2.24, 2.45) is 5.92 Å².